The largest absolute Gasteiger partial charge is 0.435 e. The minimum absolute atomic E-state index is 0.0768. The summed E-state index contributed by atoms with van der Waals surface area (Å²) in [6.45, 7) is -2.79. The Labute approximate surface area is 141 Å². The molecule has 0 spiro atoms. The van der Waals surface area contributed by atoms with Crippen molar-refractivity contribution in [2.24, 2.45) is 10.7 Å². The average molecular weight is 353 g/mol. The first-order chi connectivity index (χ1) is 11.8. The Hall–Kier alpha value is -2.77. The number of likely N-dealkylation sites (N-methyl/N-ethyl adjacent to an activating group) is 1. The highest BCUT2D eigenvalue weighted by Crippen LogP contribution is 2.39. The van der Waals surface area contributed by atoms with Crippen LogP contribution in [0.1, 0.15) is 11.1 Å². The molecule has 2 aromatic rings. The molecule has 1 atom stereocenters. The molecule has 0 bridgehead atoms. The predicted molar refractivity (Wildman–Crippen MR) is 84.5 cm³/mol. The molecule has 0 radical (unpaired) electrons. The maximum absolute atomic E-state index is 13.8. The van der Waals surface area contributed by atoms with Crippen LogP contribution in [0.5, 0.6) is 5.75 Å². The molecule has 3 rings (SSSR count). The summed E-state index contributed by atoms with van der Waals surface area (Å²) in [6.07, 6.45) is 0. The molecule has 1 heterocycles. The van der Waals surface area contributed by atoms with E-state index in [9.17, 15) is 17.6 Å². The van der Waals surface area contributed by atoms with Gasteiger partial charge >= 0.3 is 6.61 Å². The van der Waals surface area contributed by atoms with Crippen molar-refractivity contribution in [3.05, 3.63) is 65.2 Å². The van der Waals surface area contributed by atoms with E-state index in [0.29, 0.717) is 5.56 Å². The van der Waals surface area contributed by atoms with E-state index in [1.54, 1.807) is 18.0 Å². The maximum atomic E-state index is 13.8. The number of halogens is 4. The Balaban J connectivity index is 2.17. The lowest BCUT2D eigenvalue weighted by Crippen LogP contribution is -2.35. The fourth-order valence-electron chi connectivity index (χ4n) is 2.94. The summed E-state index contributed by atoms with van der Waals surface area (Å²) >= 11 is 0. The molecule has 1 unspecified atom stereocenters. The van der Waals surface area contributed by atoms with Crippen molar-refractivity contribution >= 4 is 5.96 Å². The molecular formula is C17H15F4N3O. The van der Waals surface area contributed by atoms with Gasteiger partial charge in [-0.3, -0.25) is 0 Å². The number of guanidine groups is 1. The molecule has 0 aromatic heterocycles. The summed E-state index contributed by atoms with van der Waals surface area (Å²) in [5.74, 6) is -1.44. The van der Waals surface area contributed by atoms with Crippen LogP contribution in [-0.2, 0) is 5.54 Å². The number of alkyl halides is 2. The standard InChI is InChI=1S/C17H15F4N3O/c1-24-9-17(23-16(24)22,11-5-12(18)8-13(19)6-11)10-3-2-4-14(7-10)25-15(20)21/h2-8,15H,9H2,1H3,(H2,22,23). The smallest absolute Gasteiger partial charge is 0.387 e. The Morgan fingerprint density at radius 2 is 1.80 bits per heavy atom. The molecule has 25 heavy (non-hydrogen) atoms. The zero-order valence-corrected chi connectivity index (χ0v) is 13.2. The van der Waals surface area contributed by atoms with Crippen LogP contribution in [0.4, 0.5) is 17.6 Å². The maximum Gasteiger partial charge on any atom is 0.387 e. The van der Waals surface area contributed by atoms with Crippen LogP contribution in [0.25, 0.3) is 0 Å². The highest BCUT2D eigenvalue weighted by molar-refractivity contribution is 5.81. The van der Waals surface area contributed by atoms with Gasteiger partial charge in [0, 0.05) is 13.1 Å². The van der Waals surface area contributed by atoms with Gasteiger partial charge in [0.15, 0.2) is 5.96 Å². The monoisotopic (exact) mass is 353 g/mol. The molecule has 2 aromatic carbocycles. The van der Waals surface area contributed by atoms with Crippen LogP contribution in [-0.4, -0.2) is 31.1 Å². The number of rotatable bonds is 4. The number of nitrogens with two attached hydrogens (primary N) is 1. The van der Waals surface area contributed by atoms with Gasteiger partial charge in [0.2, 0.25) is 0 Å². The quantitative estimate of drug-likeness (QED) is 0.860. The second-order valence-electron chi connectivity index (χ2n) is 5.75. The van der Waals surface area contributed by atoms with Crippen molar-refractivity contribution in [3.8, 4) is 5.75 Å². The van der Waals surface area contributed by atoms with E-state index < -0.39 is 23.8 Å². The molecule has 0 saturated heterocycles. The topological polar surface area (TPSA) is 50.8 Å². The normalized spacial score (nSPS) is 20.1. The summed E-state index contributed by atoms with van der Waals surface area (Å²) in [5.41, 5.74) is 5.29. The minimum atomic E-state index is -2.99. The van der Waals surface area contributed by atoms with Crippen LogP contribution in [0.2, 0.25) is 0 Å². The van der Waals surface area contributed by atoms with Gasteiger partial charge in [0.25, 0.3) is 0 Å². The van der Waals surface area contributed by atoms with E-state index >= 15 is 0 Å². The van der Waals surface area contributed by atoms with Gasteiger partial charge in [0.1, 0.15) is 22.9 Å². The van der Waals surface area contributed by atoms with Crippen molar-refractivity contribution in [2.45, 2.75) is 12.2 Å². The second-order valence-corrected chi connectivity index (χ2v) is 5.75. The molecule has 8 heteroatoms. The first-order valence-electron chi connectivity index (χ1n) is 7.38. The zero-order chi connectivity index (χ0) is 18.2. The summed E-state index contributed by atoms with van der Waals surface area (Å²) < 4.78 is 56.9. The van der Waals surface area contributed by atoms with Crippen LogP contribution < -0.4 is 10.5 Å². The van der Waals surface area contributed by atoms with Crippen LogP contribution in [0.3, 0.4) is 0 Å². The van der Waals surface area contributed by atoms with Gasteiger partial charge in [-0.1, -0.05) is 12.1 Å². The van der Waals surface area contributed by atoms with Crippen LogP contribution in [0.15, 0.2) is 47.5 Å². The highest BCUT2D eigenvalue weighted by atomic mass is 19.3. The van der Waals surface area contributed by atoms with E-state index in [1.165, 1.54) is 18.2 Å². The molecule has 1 aliphatic rings. The van der Waals surface area contributed by atoms with Crippen molar-refractivity contribution < 1.29 is 22.3 Å². The lowest BCUT2D eigenvalue weighted by atomic mass is 9.83. The summed E-state index contributed by atoms with van der Waals surface area (Å²) in [4.78, 5) is 6.00. The number of nitrogens with zero attached hydrogens (tertiary/aromatic N) is 2. The third-order valence-electron chi connectivity index (χ3n) is 4.04. The van der Waals surface area contributed by atoms with E-state index in [-0.39, 0.29) is 23.8 Å². The molecule has 0 amide bonds. The van der Waals surface area contributed by atoms with Crippen LogP contribution >= 0.6 is 0 Å². The van der Waals surface area contributed by atoms with Crippen molar-refractivity contribution in [2.75, 3.05) is 13.6 Å². The van der Waals surface area contributed by atoms with Gasteiger partial charge in [0.05, 0.1) is 6.54 Å². The van der Waals surface area contributed by atoms with Crippen molar-refractivity contribution in [1.82, 2.24) is 4.90 Å². The Morgan fingerprint density at radius 3 is 2.36 bits per heavy atom. The molecule has 4 nitrogen and oxygen atoms in total. The third kappa shape index (κ3) is 3.24. The first-order valence-corrected chi connectivity index (χ1v) is 7.38. The molecule has 0 aliphatic carbocycles. The lowest BCUT2D eigenvalue weighted by molar-refractivity contribution is -0.0499. The summed E-state index contributed by atoms with van der Waals surface area (Å²) in [5, 5.41) is 0. The summed E-state index contributed by atoms with van der Waals surface area (Å²) in [6, 6.07) is 8.91. The number of aliphatic imine (C=N–C) groups is 1. The van der Waals surface area contributed by atoms with Crippen LogP contribution in [0, 0.1) is 11.6 Å². The van der Waals surface area contributed by atoms with Gasteiger partial charge < -0.3 is 15.4 Å². The number of benzene rings is 2. The number of hydrogen-bond donors (Lipinski definition) is 1. The second kappa shape index (κ2) is 6.27. The fourth-order valence-corrected chi connectivity index (χ4v) is 2.94. The SMILES string of the molecule is CN1CC(c2cc(F)cc(F)c2)(c2cccc(OC(F)F)c2)N=C1N. The minimum Gasteiger partial charge on any atom is -0.435 e. The van der Waals surface area contributed by atoms with E-state index in [1.807, 2.05) is 0 Å². The first kappa shape index (κ1) is 17.1. The molecule has 132 valence electrons. The van der Waals surface area contributed by atoms with Crippen molar-refractivity contribution in [3.63, 3.8) is 0 Å². The molecule has 0 saturated carbocycles. The molecule has 2 N–H and O–H groups in total. The third-order valence-corrected chi connectivity index (χ3v) is 4.04. The van der Waals surface area contributed by atoms with Gasteiger partial charge in [-0.05, 0) is 35.4 Å². The predicted octanol–water partition coefficient (Wildman–Crippen LogP) is 3.07. The van der Waals surface area contributed by atoms with Gasteiger partial charge in [-0.15, -0.1) is 0 Å². The average Bonchev–Trinajstić information content (AvgIpc) is 2.83. The molecular weight excluding hydrogens is 338 g/mol. The lowest BCUT2D eigenvalue weighted by Gasteiger charge is -2.28. The Morgan fingerprint density at radius 1 is 1.12 bits per heavy atom. The van der Waals surface area contributed by atoms with Gasteiger partial charge in [-0.2, -0.15) is 8.78 Å². The molecule has 1 aliphatic heterocycles. The Kier molecular flexibility index (Phi) is 4.28. The zero-order valence-electron chi connectivity index (χ0n) is 13.2. The number of ether oxygens (including phenoxy) is 1. The summed E-state index contributed by atoms with van der Waals surface area (Å²) in [7, 11) is 1.68. The molecule has 0 fully saturated rings. The fraction of sp³-hybridized carbons (Fsp3) is 0.235. The Bertz CT molecular complexity index is 807. The van der Waals surface area contributed by atoms with E-state index in [2.05, 4.69) is 9.73 Å². The highest BCUT2D eigenvalue weighted by Gasteiger charge is 2.41. The van der Waals surface area contributed by atoms with Crippen molar-refractivity contribution in [1.29, 1.82) is 0 Å². The number of hydrogen-bond acceptors (Lipinski definition) is 4. The van der Waals surface area contributed by atoms with Gasteiger partial charge in [-0.25, -0.2) is 13.8 Å². The van der Waals surface area contributed by atoms with E-state index in [0.717, 1.165) is 18.2 Å². The van der Waals surface area contributed by atoms with E-state index in [4.69, 9.17) is 5.73 Å².